The zero-order valence-electron chi connectivity index (χ0n) is 35.5. The van der Waals surface area contributed by atoms with Crippen molar-refractivity contribution >= 4 is 48.2 Å². The summed E-state index contributed by atoms with van der Waals surface area (Å²) in [5.74, 6) is -0.0496. The molecular weight excluding hydrogens is 787 g/mol. The Balaban J connectivity index is 0.984. The number of benzene rings is 4. The van der Waals surface area contributed by atoms with Crippen molar-refractivity contribution in [1.82, 2.24) is 19.8 Å². The standard InChI is InChI=1S/C48H55N5O7Si/c1-48(2,3)61(4,5)60-42(36-16-18-40(54)45-37(36)17-20-44(55)51-45)29-49-28-32-14-19-41-39(27-32)53(47(57)59-41)23-9-10-31-13-15-35(33-11-7-6-8-12-33)38(26-31)50-46(56)58-43-30-52-24-21-34(43)22-25-52/h6-20,26-27,34,42-43,49,54H,21-25,28-30H2,1-5H3,(H,50,56)(H,51,55)/b10-9+/t42-,43+/m0/s1. The third-order valence-electron chi connectivity index (χ3n) is 12.7. The Labute approximate surface area is 356 Å². The minimum Gasteiger partial charge on any atom is -0.506 e. The molecule has 0 radical (unpaired) electrons. The van der Waals surface area contributed by atoms with E-state index in [4.69, 9.17) is 13.6 Å². The molecular formula is C48H55N5O7Si. The van der Waals surface area contributed by atoms with Crippen LogP contribution in [-0.2, 0) is 22.3 Å². The first-order chi connectivity index (χ1) is 29.2. The molecule has 0 unspecified atom stereocenters. The number of phenols is 1. The van der Waals surface area contributed by atoms with Gasteiger partial charge in [0.1, 0.15) is 11.9 Å². The summed E-state index contributed by atoms with van der Waals surface area (Å²) >= 11 is 0. The monoisotopic (exact) mass is 841 g/mol. The fourth-order valence-electron chi connectivity index (χ4n) is 8.28. The fourth-order valence-corrected chi connectivity index (χ4v) is 9.55. The van der Waals surface area contributed by atoms with Crippen LogP contribution in [-0.4, -0.2) is 66.3 Å². The number of carbonyl (C=O) groups excluding carboxylic acids is 1. The van der Waals surface area contributed by atoms with Gasteiger partial charge in [0.2, 0.25) is 5.56 Å². The van der Waals surface area contributed by atoms with Crippen LogP contribution in [0.2, 0.25) is 18.1 Å². The molecule has 318 valence electrons. The van der Waals surface area contributed by atoms with Gasteiger partial charge in [0.25, 0.3) is 0 Å². The lowest BCUT2D eigenvalue weighted by Gasteiger charge is -2.43. The lowest BCUT2D eigenvalue weighted by molar-refractivity contribution is -0.0289. The molecule has 2 bridgehead atoms. The maximum Gasteiger partial charge on any atom is 0.420 e. The van der Waals surface area contributed by atoms with Crippen molar-refractivity contribution in [2.75, 3.05) is 31.5 Å². The van der Waals surface area contributed by atoms with E-state index in [-0.39, 0.29) is 35.1 Å². The van der Waals surface area contributed by atoms with Crippen molar-refractivity contribution < 1.29 is 23.5 Å². The van der Waals surface area contributed by atoms with Crippen molar-refractivity contribution in [3.63, 3.8) is 0 Å². The van der Waals surface area contributed by atoms with Gasteiger partial charge in [0.05, 0.1) is 22.8 Å². The number of allylic oxidation sites excluding steroid dienone is 1. The lowest BCUT2D eigenvalue weighted by atomic mass is 9.86. The molecule has 6 aromatic rings. The molecule has 3 saturated heterocycles. The fraction of sp³-hybridized carbons (Fsp3) is 0.354. The average molecular weight is 842 g/mol. The number of H-pyrrole nitrogens is 1. The summed E-state index contributed by atoms with van der Waals surface area (Å²) in [5.41, 5.74) is 6.44. The number of aromatic nitrogens is 2. The SMILES string of the molecule is CC(C)(C)[Si](C)(C)O[C@@H](CNCc1ccc2oc(=O)n(C/C=C/c3ccc(-c4ccccc4)c(NC(=O)O[C@@H]4CN5CCC4CC5)c3)c2c1)c1ccc(O)c2[nH]c(=O)ccc12. The third kappa shape index (κ3) is 9.30. The molecule has 3 aliphatic rings. The van der Waals surface area contributed by atoms with Crippen LogP contribution >= 0.6 is 0 Å². The zero-order chi connectivity index (χ0) is 42.9. The number of anilines is 1. The van der Waals surface area contributed by atoms with Crippen LogP contribution < -0.4 is 21.9 Å². The van der Waals surface area contributed by atoms with E-state index in [1.165, 1.54) is 6.07 Å². The Morgan fingerprint density at radius 2 is 1.79 bits per heavy atom. The second kappa shape index (κ2) is 17.3. The number of piperidine rings is 3. The molecule has 9 rings (SSSR count). The highest BCUT2D eigenvalue weighted by Gasteiger charge is 2.40. The number of pyridine rings is 1. The summed E-state index contributed by atoms with van der Waals surface area (Å²) in [5, 5.41) is 17.9. The third-order valence-corrected chi connectivity index (χ3v) is 17.2. The number of carbonyl (C=O) groups is 1. The molecule has 0 aliphatic carbocycles. The molecule has 0 spiro atoms. The van der Waals surface area contributed by atoms with Crippen molar-refractivity contribution in [2.45, 2.75) is 77.0 Å². The van der Waals surface area contributed by atoms with Gasteiger partial charge >= 0.3 is 11.8 Å². The van der Waals surface area contributed by atoms with Crippen molar-refractivity contribution in [2.24, 2.45) is 5.92 Å². The first kappa shape index (κ1) is 42.0. The van der Waals surface area contributed by atoms with Gasteiger partial charge in [-0.05, 0) is 103 Å². The molecule has 4 aromatic carbocycles. The molecule has 5 heterocycles. The van der Waals surface area contributed by atoms with Gasteiger partial charge in [0.15, 0.2) is 13.9 Å². The number of nitrogens with zero attached hydrogens (tertiary/aromatic N) is 2. The van der Waals surface area contributed by atoms with Crippen molar-refractivity contribution in [1.29, 1.82) is 0 Å². The number of hydrogen-bond donors (Lipinski definition) is 4. The second-order valence-corrected chi connectivity index (χ2v) is 22.6. The van der Waals surface area contributed by atoms with Gasteiger partial charge in [-0.2, -0.15) is 0 Å². The summed E-state index contributed by atoms with van der Waals surface area (Å²) < 4.78 is 20.2. The minimum atomic E-state index is -2.27. The molecule has 61 heavy (non-hydrogen) atoms. The number of oxazole rings is 1. The molecule has 2 aromatic heterocycles. The molecule has 12 nitrogen and oxygen atoms in total. The number of nitrogens with one attached hydrogen (secondary N) is 3. The smallest absolute Gasteiger partial charge is 0.420 e. The van der Waals surface area contributed by atoms with Crippen LogP contribution in [0.15, 0.2) is 111 Å². The largest absolute Gasteiger partial charge is 0.506 e. The number of ether oxygens (including phenoxy) is 1. The topological polar surface area (TPSA) is 151 Å². The molecule has 13 heteroatoms. The summed E-state index contributed by atoms with van der Waals surface area (Å²) in [6, 6.07) is 28.2. The summed E-state index contributed by atoms with van der Waals surface area (Å²) in [6.45, 7) is 15.1. The van der Waals surface area contributed by atoms with Gasteiger partial charge in [-0.25, -0.2) is 9.59 Å². The Hall–Kier alpha value is -5.73. The van der Waals surface area contributed by atoms with E-state index in [2.05, 4.69) is 54.4 Å². The maximum atomic E-state index is 13.3. The Kier molecular flexibility index (Phi) is 11.9. The highest BCUT2D eigenvalue weighted by atomic mass is 28.4. The minimum absolute atomic E-state index is 0.00386. The van der Waals surface area contributed by atoms with E-state index < -0.39 is 20.2 Å². The number of aromatic hydroxyl groups is 1. The van der Waals surface area contributed by atoms with E-state index in [9.17, 15) is 19.5 Å². The predicted octanol–water partition coefficient (Wildman–Crippen LogP) is 9.02. The predicted molar refractivity (Wildman–Crippen MR) is 243 cm³/mol. The van der Waals surface area contributed by atoms with Crippen molar-refractivity contribution in [3.8, 4) is 16.9 Å². The quantitative estimate of drug-likeness (QED) is 0.0836. The van der Waals surface area contributed by atoms with E-state index in [0.29, 0.717) is 41.3 Å². The van der Waals surface area contributed by atoms with Gasteiger partial charge in [-0.15, -0.1) is 0 Å². The Morgan fingerprint density at radius 3 is 2.52 bits per heavy atom. The van der Waals surface area contributed by atoms with Crippen LogP contribution in [0.4, 0.5) is 10.5 Å². The van der Waals surface area contributed by atoms with Gasteiger partial charge in [-0.3, -0.25) is 19.6 Å². The highest BCUT2D eigenvalue weighted by molar-refractivity contribution is 6.74. The van der Waals surface area contributed by atoms with Crippen LogP contribution in [0, 0.1) is 5.92 Å². The highest BCUT2D eigenvalue weighted by Crippen LogP contribution is 2.41. The lowest BCUT2D eigenvalue weighted by Crippen LogP contribution is -2.52. The Bertz CT molecular complexity index is 2690. The van der Waals surface area contributed by atoms with E-state index >= 15 is 0 Å². The summed E-state index contributed by atoms with van der Waals surface area (Å²) in [6.07, 6.45) is 5.02. The number of hydrogen-bond acceptors (Lipinski definition) is 9. The van der Waals surface area contributed by atoms with Crippen molar-refractivity contribution in [3.05, 3.63) is 135 Å². The molecule has 2 atom stereocenters. The van der Waals surface area contributed by atoms with Crippen LogP contribution in [0.5, 0.6) is 5.75 Å². The molecule has 3 fully saturated rings. The van der Waals surface area contributed by atoms with Gasteiger partial charge in [0, 0.05) is 43.2 Å². The van der Waals surface area contributed by atoms with E-state index in [1.807, 2.05) is 84.9 Å². The maximum absolute atomic E-state index is 13.3. The van der Waals surface area contributed by atoms with Crippen LogP contribution in [0.3, 0.4) is 0 Å². The normalized spacial score (nSPS) is 18.5. The van der Waals surface area contributed by atoms with Crippen LogP contribution in [0.25, 0.3) is 39.2 Å². The van der Waals surface area contributed by atoms with E-state index in [0.717, 1.165) is 65.7 Å². The number of aromatic amines is 1. The van der Waals surface area contributed by atoms with Gasteiger partial charge in [-0.1, -0.05) is 87.5 Å². The number of fused-ring (bicyclic) bond motifs is 5. The number of phenolic OH excluding ortho intramolecular Hbond substituents is 1. The Morgan fingerprint density at radius 1 is 1.00 bits per heavy atom. The van der Waals surface area contributed by atoms with Crippen LogP contribution in [0.1, 0.15) is 56.4 Å². The average Bonchev–Trinajstić information content (AvgIpc) is 3.54. The zero-order valence-corrected chi connectivity index (χ0v) is 36.5. The number of rotatable bonds is 13. The first-order valence-corrected chi connectivity index (χ1v) is 24.0. The first-order valence-electron chi connectivity index (χ1n) is 21.1. The number of amides is 1. The summed E-state index contributed by atoms with van der Waals surface area (Å²) in [7, 11) is -2.27. The molecule has 0 saturated carbocycles. The molecule has 3 aliphatic heterocycles. The molecule has 1 amide bonds. The summed E-state index contributed by atoms with van der Waals surface area (Å²) in [4.78, 5) is 43.7. The second-order valence-electron chi connectivity index (χ2n) is 17.8. The molecule has 4 N–H and O–H groups in total. The van der Waals surface area contributed by atoms with E-state index in [1.54, 1.807) is 16.7 Å². The van der Waals surface area contributed by atoms with Gasteiger partial charge < -0.3 is 29.0 Å².